The van der Waals surface area contributed by atoms with E-state index in [-0.39, 0.29) is 5.69 Å². The van der Waals surface area contributed by atoms with E-state index in [2.05, 4.69) is 0 Å². The minimum atomic E-state index is -0.458. The molecule has 2 rings (SSSR count). The van der Waals surface area contributed by atoms with Gasteiger partial charge in [0.1, 0.15) is 17.6 Å². The number of nitro groups is 1. The summed E-state index contributed by atoms with van der Waals surface area (Å²) in [6.07, 6.45) is 0. The summed E-state index contributed by atoms with van der Waals surface area (Å²) < 4.78 is 5.62. The second-order valence-electron chi connectivity index (χ2n) is 3.92. The van der Waals surface area contributed by atoms with Crippen LogP contribution in [0.15, 0.2) is 42.5 Å². The summed E-state index contributed by atoms with van der Waals surface area (Å²) >= 11 is 0. The third-order valence-electron chi connectivity index (χ3n) is 2.60. The molecular weight excluding hydrogens is 244 g/mol. The average Bonchev–Trinajstić information content (AvgIpc) is 2.41. The number of nitriles is 1. The van der Waals surface area contributed by atoms with Crippen LogP contribution in [-0.4, -0.2) is 4.92 Å². The highest BCUT2D eigenvalue weighted by Gasteiger charge is 2.10. The molecule has 5 nitrogen and oxygen atoms in total. The number of para-hydroxylation sites is 1. The third-order valence-corrected chi connectivity index (χ3v) is 2.60. The Hall–Kier alpha value is -2.87. The fraction of sp³-hybridized carbons (Fsp3) is 0.0714. The zero-order chi connectivity index (χ0) is 13.8. The van der Waals surface area contributed by atoms with Crippen LogP contribution in [-0.2, 0) is 0 Å². The maximum absolute atomic E-state index is 10.6. The van der Waals surface area contributed by atoms with E-state index in [1.165, 1.54) is 18.2 Å². The Kier molecular flexibility index (Phi) is 3.44. The van der Waals surface area contributed by atoms with Crippen molar-refractivity contribution in [3.8, 4) is 17.6 Å². The molecule has 0 fully saturated rings. The van der Waals surface area contributed by atoms with Crippen molar-refractivity contribution in [3.05, 3.63) is 63.7 Å². The Morgan fingerprint density at radius 1 is 1.21 bits per heavy atom. The van der Waals surface area contributed by atoms with E-state index < -0.39 is 4.92 Å². The minimum Gasteiger partial charge on any atom is -0.456 e. The fourth-order valence-electron chi connectivity index (χ4n) is 1.63. The first-order chi connectivity index (χ1) is 9.11. The molecule has 5 heteroatoms. The van der Waals surface area contributed by atoms with Gasteiger partial charge < -0.3 is 4.74 Å². The lowest BCUT2D eigenvalue weighted by Crippen LogP contribution is -1.93. The molecule has 0 aliphatic heterocycles. The Morgan fingerprint density at radius 3 is 2.58 bits per heavy atom. The number of ether oxygens (including phenoxy) is 1. The minimum absolute atomic E-state index is 0.0124. The van der Waals surface area contributed by atoms with Gasteiger partial charge in [0.05, 0.1) is 10.5 Å². The average molecular weight is 254 g/mol. The number of non-ortho nitro benzene ring substituents is 1. The zero-order valence-corrected chi connectivity index (χ0v) is 10.2. The summed E-state index contributed by atoms with van der Waals surface area (Å²) in [5.74, 6) is 0.926. The van der Waals surface area contributed by atoms with Crippen molar-refractivity contribution in [2.75, 3.05) is 0 Å². The summed E-state index contributed by atoms with van der Waals surface area (Å²) in [4.78, 5) is 10.2. The molecule has 94 valence electrons. The van der Waals surface area contributed by atoms with Crippen LogP contribution in [0.4, 0.5) is 5.69 Å². The number of aryl methyl sites for hydroxylation is 1. The number of hydrogen-bond acceptors (Lipinski definition) is 4. The lowest BCUT2D eigenvalue weighted by atomic mass is 10.2. The molecule has 0 aliphatic rings. The predicted octanol–water partition coefficient (Wildman–Crippen LogP) is 3.57. The molecule has 0 bridgehead atoms. The van der Waals surface area contributed by atoms with Gasteiger partial charge in [-0.25, -0.2) is 0 Å². The van der Waals surface area contributed by atoms with Crippen molar-refractivity contribution in [1.29, 1.82) is 5.26 Å². The molecule has 0 saturated heterocycles. The summed E-state index contributed by atoms with van der Waals surface area (Å²) in [7, 11) is 0. The van der Waals surface area contributed by atoms with Crippen molar-refractivity contribution < 1.29 is 9.66 Å². The molecule has 19 heavy (non-hydrogen) atoms. The summed E-state index contributed by atoms with van der Waals surface area (Å²) in [6.45, 7) is 1.72. The maximum Gasteiger partial charge on any atom is 0.269 e. The van der Waals surface area contributed by atoms with E-state index in [1.807, 2.05) is 6.07 Å². The monoisotopic (exact) mass is 254 g/mol. The Bertz CT molecular complexity index is 675. The number of nitrogens with zero attached hydrogens (tertiary/aromatic N) is 2. The predicted molar refractivity (Wildman–Crippen MR) is 69.1 cm³/mol. The number of nitro benzene ring substituents is 1. The van der Waals surface area contributed by atoms with Crippen molar-refractivity contribution in [2.24, 2.45) is 0 Å². The standard InChI is InChI=1S/C14H10N2O3/c1-10-8-12(16(17)18)6-7-13(10)19-14-5-3-2-4-11(14)9-15/h2-8H,1H3. The second-order valence-corrected chi connectivity index (χ2v) is 3.92. The molecular formula is C14H10N2O3. The van der Waals surface area contributed by atoms with Crippen LogP contribution in [0.5, 0.6) is 11.5 Å². The number of hydrogen-bond donors (Lipinski definition) is 0. The van der Waals surface area contributed by atoms with Crippen LogP contribution >= 0.6 is 0 Å². The third kappa shape index (κ3) is 2.69. The van der Waals surface area contributed by atoms with Crippen LogP contribution in [0.3, 0.4) is 0 Å². The lowest BCUT2D eigenvalue weighted by Gasteiger charge is -2.09. The molecule has 0 aliphatic carbocycles. The van der Waals surface area contributed by atoms with Crippen LogP contribution < -0.4 is 4.74 Å². The van der Waals surface area contributed by atoms with Crippen molar-refractivity contribution in [3.63, 3.8) is 0 Å². The van der Waals surface area contributed by atoms with Crippen molar-refractivity contribution in [2.45, 2.75) is 6.92 Å². The summed E-state index contributed by atoms with van der Waals surface area (Å²) in [5.41, 5.74) is 1.07. The lowest BCUT2D eigenvalue weighted by molar-refractivity contribution is -0.384. The normalized spacial score (nSPS) is 9.68. The van der Waals surface area contributed by atoms with Crippen LogP contribution in [0.2, 0.25) is 0 Å². The quantitative estimate of drug-likeness (QED) is 0.619. The Morgan fingerprint density at radius 2 is 1.95 bits per heavy atom. The van der Waals surface area contributed by atoms with E-state index in [1.54, 1.807) is 31.2 Å². The van der Waals surface area contributed by atoms with Gasteiger partial charge >= 0.3 is 0 Å². The summed E-state index contributed by atoms with van der Waals surface area (Å²) in [6, 6.07) is 13.2. The van der Waals surface area contributed by atoms with Gasteiger partial charge in [-0.1, -0.05) is 12.1 Å². The highest BCUT2D eigenvalue weighted by Crippen LogP contribution is 2.29. The molecule has 0 unspecified atom stereocenters. The van der Waals surface area contributed by atoms with Crippen LogP contribution in [0.25, 0.3) is 0 Å². The number of rotatable bonds is 3. The molecule has 0 radical (unpaired) electrons. The van der Waals surface area contributed by atoms with Crippen LogP contribution in [0, 0.1) is 28.4 Å². The van der Waals surface area contributed by atoms with Crippen molar-refractivity contribution >= 4 is 5.69 Å². The van der Waals surface area contributed by atoms with Gasteiger partial charge in [-0.3, -0.25) is 10.1 Å². The van der Waals surface area contributed by atoms with E-state index >= 15 is 0 Å². The summed E-state index contributed by atoms with van der Waals surface area (Å²) in [5, 5.41) is 19.6. The van der Waals surface area contributed by atoms with Gasteiger partial charge in [0, 0.05) is 12.1 Å². The number of benzene rings is 2. The molecule has 0 atom stereocenters. The molecule has 0 saturated carbocycles. The molecule has 0 amide bonds. The highest BCUT2D eigenvalue weighted by atomic mass is 16.6. The molecule has 0 heterocycles. The van der Waals surface area contributed by atoms with Gasteiger partial charge in [-0.05, 0) is 30.7 Å². The van der Waals surface area contributed by atoms with Gasteiger partial charge in [-0.2, -0.15) is 5.26 Å². The SMILES string of the molecule is Cc1cc([N+](=O)[O-])ccc1Oc1ccccc1C#N. The van der Waals surface area contributed by atoms with E-state index in [0.29, 0.717) is 22.6 Å². The van der Waals surface area contributed by atoms with Gasteiger partial charge in [0.2, 0.25) is 0 Å². The Labute approximate surface area is 109 Å². The van der Waals surface area contributed by atoms with Crippen molar-refractivity contribution in [1.82, 2.24) is 0 Å². The Balaban J connectivity index is 2.34. The smallest absolute Gasteiger partial charge is 0.269 e. The van der Waals surface area contributed by atoms with E-state index in [9.17, 15) is 10.1 Å². The molecule has 2 aromatic carbocycles. The first-order valence-electron chi connectivity index (χ1n) is 5.54. The first kappa shape index (κ1) is 12.6. The molecule has 0 aromatic heterocycles. The van der Waals surface area contributed by atoms with Gasteiger partial charge in [0.25, 0.3) is 5.69 Å². The van der Waals surface area contributed by atoms with Gasteiger partial charge in [-0.15, -0.1) is 0 Å². The fourth-order valence-corrected chi connectivity index (χ4v) is 1.63. The maximum atomic E-state index is 10.6. The molecule has 0 spiro atoms. The second kappa shape index (κ2) is 5.19. The van der Waals surface area contributed by atoms with E-state index in [0.717, 1.165) is 0 Å². The zero-order valence-electron chi connectivity index (χ0n) is 10.2. The van der Waals surface area contributed by atoms with E-state index in [4.69, 9.17) is 10.00 Å². The topological polar surface area (TPSA) is 76.2 Å². The first-order valence-corrected chi connectivity index (χ1v) is 5.54. The van der Waals surface area contributed by atoms with Crippen LogP contribution in [0.1, 0.15) is 11.1 Å². The molecule has 2 aromatic rings. The largest absolute Gasteiger partial charge is 0.456 e. The van der Waals surface area contributed by atoms with Gasteiger partial charge in [0.15, 0.2) is 0 Å². The molecule has 0 N–H and O–H groups in total. The highest BCUT2D eigenvalue weighted by molar-refractivity contribution is 5.48.